The van der Waals surface area contributed by atoms with Gasteiger partial charge in [-0.1, -0.05) is 6.08 Å². The lowest BCUT2D eigenvalue weighted by Gasteiger charge is -2.06. The number of nitrogens with one attached hydrogen (secondary N) is 2. The van der Waals surface area contributed by atoms with Crippen molar-refractivity contribution in [3.8, 4) is 0 Å². The van der Waals surface area contributed by atoms with Crippen molar-refractivity contribution in [2.45, 2.75) is 19.5 Å². The zero-order chi connectivity index (χ0) is 8.10. The normalized spacial score (nSPS) is 12.8. The molecule has 60 valence electrons. The van der Waals surface area contributed by atoms with Crippen LogP contribution in [0.25, 0.3) is 0 Å². The fourth-order valence-electron chi connectivity index (χ4n) is 0.832. The highest BCUT2D eigenvalue weighted by Crippen LogP contribution is 1.94. The van der Waals surface area contributed by atoms with Crippen LogP contribution in [-0.4, -0.2) is 11.0 Å². The first-order chi connectivity index (χ1) is 5.33. The van der Waals surface area contributed by atoms with Gasteiger partial charge in [-0.2, -0.15) is 0 Å². The van der Waals surface area contributed by atoms with E-state index >= 15 is 0 Å². The van der Waals surface area contributed by atoms with Gasteiger partial charge in [0.05, 0.1) is 0 Å². The standard InChI is InChI=1S/C9H14N2/c1-3-8(2)11-7-9-5-4-6-10-9/h3-6,8,10-11H,1,7H2,2H3. The van der Waals surface area contributed by atoms with Crippen LogP contribution in [0.3, 0.4) is 0 Å². The largest absolute Gasteiger partial charge is 0.364 e. The second-order valence-corrected chi connectivity index (χ2v) is 2.60. The molecule has 0 spiro atoms. The zero-order valence-corrected chi connectivity index (χ0v) is 6.80. The highest BCUT2D eigenvalue weighted by molar-refractivity contribution is 5.03. The number of hydrogen-bond donors (Lipinski definition) is 2. The molecular formula is C9H14N2. The van der Waals surface area contributed by atoms with Crippen molar-refractivity contribution in [3.05, 3.63) is 36.7 Å². The van der Waals surface area contributed by atoms with Crippen LogP contribution < -0.4 is 5.32 Å². The summed E-state index contributed by atoms with van der Waals surface area (Å²) >= 11 is 0. The molecule has 0 aliphatic rings. The van der Waals surface area contributed by atoms with Gasteiger partial charge in [0.2, 0.25) is 0 Å². The van der Waals surface area contributed by atoms with E-state index in [1.54, 1.807) is 0 Å². The van der Waals surface area contributed by atoms with Crippen LogP contribution in [0.15, 0.2) is 31.0 Å². The van der Waals surface area contributed by atoms with Crippen LogP contribution in [-0.2, 0) is 6.54 Å². The fraction of sp³-hybridized carbons (Fsp3) is 0.333. The molecule has 0 saturated heterocycles. The molecule has 11 heavy (non-hydrogen) atoms. The van der Waals surface area contributed by atoms with Crippen molar-refractivity contribution in [1.82, 2.24) is 10.3 Å². The average molecular weight is 150 g/mol. The first-order valence-corrected chi connectivity index (χ1v) is 3.81. The third-order valence-corrected chi connectivity index (χ3v) is 1.63. The fourth-order valence-corrected chi connectivity index (χ4v) is 0.832. The molecule has 1 atom stereocenters. The van der Waals surface area contributed by atoms with Crippen molar-refractivity contribution >= 4 is 0 Å². The maximum atomic E-state index is 3.69. The first kappa shape index (κ1) is 8.08. The van der Waals surface area contributed by atoms with Gasteiger partial charge in [0.1, 0.15) is 0 Å². The molecule has 1 aromatic rings. The van der Waals surface area contributed by atoms with Crippen LogP contribution in [0.4, 0.5) is 0 Å². The Hall–Kier alpha value is -1.02. The highest BCUT2D eigenvalue weighted by atomic mass is 14.9. The Balaban J connectivity index is 2.28. The van der Waals surface area contributed by atoms with Crippen molar-refractivity contribution in [2.75, 3.05) is 0 Å². The minimum atomic E-state index is 0.373. The lowest BCUT2D eigenvalue weighted by molar-refractivity contribution is 0.626. The Morgan fingerprint density at radius 2 is 2.64 bits per heavy atom. The van der Waals surface area contributed by atoms with E-state index in [-0.39, 0.29) is 0 Å². The van der Waals surface area contributed by atoms with E-state index in [9.17, 15) is 0 Å². The van der Waals surface area contributed by atoms with Crippen LogP contribution in [0.5, 0.6) is 0 Å². The van der Waals surface area contributed by atoms with Crippen molar-refractivity contribution in [1.29, 1.82) is 0 Å². The molecule has 0 bridgehead atoms. The van der Waals surface area contributed by atoms with E-state index in [4.69, 9.17) is 0 Å². The maximum absolute atomic E-state index is 3.69. The van der Waals surface area contributed by atoms with E-state index in [1.807, 2.05) is 18.3 Å². The minimum Gasteiger partial charge on any atom is -0.364 e. The van der Waals surface area contributed by atoms with Crippen LogP contribution in [0, 0.1) is 0 Å². The molecule has 1 unspecified atom stereocenters. The maximum Gasteiger partial charge on any atom is 0.0362 e. The summed E-state index contributed by atoms with van der Waals surface area (Å²) in [6.45, 7) is 6.64. The second-order valence-electron chi connectivity index (χ2n) is 2.60. The quantitative estimate of drug-likeness (QED) is 0.628. The minimum absolute atomic E-state index is 0.373. The predicted molar refractivity (Wildman–Crippen MR) is 47.3 cm³/mol. The summed E-state index contributed by atoms with van der Waals surface area (Å²) < 4.78 is 0. The van der Waals surface area contributed by atoms with Gasteiger partial charge in [0.15, 0.2) is 0 Å². The summed E-state index contributed by atoms with van der Waals surface area (Å²) in [6, 6.07) is 4.43. The van der Waals surface area contributed by atoms with E-state index in [2.05, 4.69) is 29.9 Å². The number of aromatic amines is 1. The van der Waals surface area contributed by atoms with Crippen LogP contribution in [0.1, 0.15) is 12.6 Å². The molecule has 1 rings (SSSR count). The molecule has 1 heterocycles. The molecular weight excluding hydrogens is 136 g/mol. The summed E-state index contributed by atoms with van der Waals surface area (Å²) in [7, 11) is 0. The molecule has 0 radical (unpaired) electrons. The molecule has 0 amide bonds. The van der Waals surface area contributed by atoms with Gasteiger partial charge in [-0.15, -0.1) is 6.58 Å². The third-order valence-electron chi connectivity index (χ3n) is 1.63. The Morgan fingerprint density at radius 1 is 1.82 bits per heavy atom. The number of rotatable bonds is 4. The smallest absolute Gasteiger partial charge is 0.0362 e. The molecule has 0 aliphatic carbocycles. The lowest BCUT2D eigenvalue weighted by Crippen LogP contribution is -2.22. The van der Waals surface area contributed by atoms with Gasteiger partial charge in [0, 0.05) is 24.5 Å². The highest BCUT2D eigenvalue weighted by Gasteiger charge is 1.94. The predicted octanol–water partition coefficient (Wildman–Crippen LogP) is 1.68. The van der Waals surface area contributed by atoms with Gasteiger partial charge in [-0.25, -0.2) is 0 Å². The lowest BCUT2D eigenvalue weighted by atomic mass is 10.3. The summed E-state index contributed by atoms with van der Waals surface area (Å²) in [5, 5.41) is 3.29. The van der Waals surface area contributed by atoms with E-state index in [0.717, 1.165) is 6.54 Å². The Bertz CT molecular complexity index is 201. The van der Waals surface area contributed by atoms with Crippen molar-refractivity contribution < 1.29 is 0 Å². The SMILES string of the molecule is C=CC(C)NCc1ccc[nH]1. The molecule has 2 nitrogen and oxygen atoms in total. The van der Waals surface area contributed by atoms with E-state index in [0.29, 0.717) is 6.04 Å². The molecule has 0 saturated carbocycles. The van der Waals surface area contributed by atoms with Crippen molar-refractivity contribution in [3.63, 3.8) is 0 Å². The monoisotopic (exact) mass is 150 g/mol. The first-order valence-electron chi connectivity index (χ1n) is 3.81. The van der Waals surface area contributed by atoms with E-state index < -0.39 is 0 Å². The summed E-state index contributed by atoms with van der Waals surface area (Å²) in [6.07, 6.45) is 3.82. The molecule has 0 aliphatic heterocycles. The molecule has 2 N–H and O–H groups in total. The van der Waals surface area contributed by atoms with Crippen LogP contribution >= 0.6 is 0 Å². The van der Waals surface area contributed by atoms with Gasteiger partial charge in [-0.05, 0) is 19.1 Å². The van der Waals surface area contributed by atoms with Gasteiger partial charge in [0.25, 0.3) is 0 Å². The van der Waals surface area contributed by atoms with Crippen molar-refractivity contribution in [2.24, 2.45) is 0 Å². The number of hydrogen-bond acceptors (Lipinski definition) is 1. The topological polar surface area (TPSA) is 27.8 Å². The number of H-pyrrole nitrogens is 1. The zero-order valence-electron chi connectivity index (χ0n) is 6.80. The van der Waals surface area contributed by atoms with Gasteiger partial charge in [-0.3, -0.25) is 0 Å². The van der Waals surface area contributed by atoms with Gasteiger partial charge < -0.3 is 10.3 Å². The van der Waals surface area contributed by atoms with Gasteiger partial charge >= 0.3 is 0 Å². The third kappa shape index (κ3) is 2.60. The molecule has 1 aromatic heterocycles. The Morgan fingerprint density at radius 3 is 3.18 bits per heavy atom. The summed E-state index contributed by atoms with van der Waals surface area (Å²) in [5.74, 6) is 0. The van der Waals surface area contributed by atoms with E-state index in [1.165, 1.54) is 5.69 Å². The summed E-state index contributed by atoms with van der Waals surface area (Å²) in [5.41, 5.74) is 1.21. The Kier molecular flexibility index (Phi) is 2.93. The Labute approximate surface area is 67.3 Å². The second kappa shape index (κ2) is 3.98. The molecule has 0 aromatic carbocycles. The molecule has 0 fully saturated rings. The van der Waals surface area contributed by atoms with Crippen LogP contribution in [0.2, 0.25) is 0 Å². The molecule has 2 heteroatoms. The summed E-state index contributed by atoms with van der Waals surface area (Å²) in [4.78, 5) is 3.12. The average Bonchev–Trinajstić information content (AvgIpc) is 2.52. The number of aromatic nitrogens is 1.